The third-order valence-corrected chi connectivity index (χ3v) is 6.20. The summed E-state index contributed by atoms with van der Waals surface area (Å²) in [7, 11) is 0. The fourth-order valence-electron chi connectivity index (χ4n) is 4.21. The highest BCUT2D eigenvalue weighted by Gasteiger charge is 2.53. The van der Waals surface area contributed by atoms with E-state index in [1.165, 1.54) is 42.9 Å². The van der Waals surface area contributed by atoms with E-state index in [1.807, 2.05) is 0 Å². The molecule has 1 saturated heterocycles. The van der Waals surface area contributed by atoms with Gasteiger partial charge in [0.05, 0.1) is 26.1 Å². The molecule has 4 rings (SSSR count). The molecule has 2 aromatic heterocycles. The Morgan fingerprint density at radius 2 is 1.92 bits per heavy atom. The van der Waals surface area contributed by atoms with Crippen LogP contribution in [-0.4, -0.2) is 80.4 Å². The minimum Gasteiger partial charge on any atom is -0.463 e. The lowest BCUT2D eigenvalue weighted by atomic mass is 9.93. The SMILES string of the molecule is CCOC(=O)C(Cc1cccc(F)c1)(OC[C@H]1O[C@@H](n2cnc3c(N)nc(Cl)nc32)[C@@H](F)[C@@H]1O)C(=O)OCC. The summed E-state index contributed by atoms with van der Waals surface area (Å²) in [5, 5.41) is 10.4. The molecule has 0 amide bonds. The van der Waals surface area contributed by atoms with Crippen molar-refractivity contribution in [1.29, 1.82) is 0 Å². The summed E-state index contributed by atoms with van der Waals surface area (Å²) in [5.41, 5.74) is 3.84. The first-order valence-corrected chi connectivity index (χ1v) is 12.3. The van der Waals surface area contributed by atoms with Gasteiger partial charge in [-0.2, -0.15) is 9.97 Å². The number of aliphatic hydroxyl groups is 1. The van der Waals surface area contributed by atoms with Gasteiger partial charge in [0.1, 0.15) is 23.5 Å². The zero-order chi connectivity index (χ0) is 28.3. The number of benzene rings is 1. The highest BCUT2D eigenvalue weighted by molar-refractivity contribution is 6.28. The number of aromatic nitrogens is 4. The van der Waals surface area contributed by atoms with E-state index in [0.717, 1.165) is 6.07 Å². The summed E-state index contributed by atoms with van der Waals surface area (Å²) in [4.78, 5) is 38.1. The third kappa shape index (κ3) is 5.64. The van der Waals surface area contributed by atoms with Crippen LogP contribution in [0.1, 0.15) is 25.6 Å². The van der Waals surface area contributed by atoms with Crippen molar-refractivity contribution < 1.29 is 42.4 Å². The average Bonchev–Trinajstić information content (AvgIpc) is 3.43. The average molecular weight is 570 g/mol. The van der Waals surface area contributed by atoms with Crippen molar-refractivity contribution in [3.05, 3.63) is 47.3 Å². The van der Waals surface area contributed by atoms with Crippen LogP contribution in [0.3, 0.4) is 0 Å². The lowest BCUT2D eigenvalue weighted by Gasteiger charge is -2.30. The molecule has 0 bridgehead atoms. The predicted octanol–water partition coefficient (Wildman–Crippen LogP) is 1.92. The Balaban J connectivity index is 1.63. The number of hydrogen-bond donors (Lipinski definition) is 2. The molecular weight excluding hydrogens is 544 g/mol. The van der Waals surface area contributed by atoms with Crippen LogP contribution in [0.25, 0.3) is 11.2 Å². The number of anilines is 1. The molecule has 1 aliphatic rings. The second kappa shape index (κ2) is 11.7. The maximum absolute atomic E-state index is 15.3. The molecule has 4 atom stereocenters. The number of fused-ring (bicyclic) bond motifs is 1. The fourth-order valence-corrected chi connectivity index (χ4v) is 4.38. The second-order valence-electron chi connectivity index (χ2n) is 8.59. The van der Waals surface area contributed by atoms with Gasteiger partial charge in [-0.25, -0.2) is 23.4 Å². The number of rotatable bonds is 10. The molecule has 39 heavy (non-hydrogen) atoms. The van der Waals surface area contributed by atoms with Crippen molar-refractivity contribution >= 4 is 40.5 Å². The summed E-state index contributed by atoms with van der Waals surface area (Å²) < 4.78 is 52.1. The molecule has 12 nitrogen and oxygen atoms in total. The topological polar surface area (TPSA) is 161 Å². The summed E-state index contributed by atoms with van der Waals surface area (Å²) in [6, 6.07) is 5.19. The molecule has 210 valence electrons. The standard InChI is InChI=1S/C24H26ClF2N5O7/c1-3-36-21(34)24(22(35)37-4-2,9-12-6-5-7-13(26)8-12)38-10-14-17(33)15(27)20(39-14)32-11-29-16-18(28)30-23(25)31-19(16)32/h5-8,11,14-15,17,20,33H,3-4,9-10H2,1-2H3,(H2,28,30,31)/t14-,15+,17-,20-/m1/s1. The Bertz CT molecular complexity index is 1340. The Morgan fingerprint density at radius 3 is 2.56 bits per heavy atom. The summed E-state index contributed by atoms with van der Waals surface area (Å²) in [6.07, 6.45) is -5.83. The van der Waals surface area contributed by atoms with Gasteiger partial charge in [-0.3, -0.25) is 4.57 Å². The third-order valence-electron chi connectivity index (χ3n) is 6.04. The van der Waals surface area contributed by atoms with E-state index in [0.29, 0.717) is 0 Å². The minimum atomic E-state index is -2.40. The number of nitrogens with two attached hydrogens (primary N) is 1. The number of imidazole rings is 1. The largest absolute Gasteiger partial charge is 0.463 e. The number of esters is 2. The molecular formula is C24H26ClF2N5O7. The molecule has 15 heteroatoms. The summed E-state index contributed by atoms with van der Waals surface area (Å²) in [6.45, 7) is 2.19. The zero-order valence-corrected chi connectivity index (χ0v) is 21.7. The molecule has 3 N–H and O–H groups in total. The van der Waals surface area contributed by atoms with Crippen LogP contribution in [-0.2, 0) is 35.0 Å². The smallest absolute Gasteiger partial charge is 0.350 e. The van der Waals surface area contributed by atoms with E-state index in [1.54, 1.807) is 0 Å². The minimum absolute atomic E-state index is 0.0383. The number of aliphatic hydroxyl groups excluding tert-OH is 1. The first-order valence-electron chi connectivity index (χ1n) is 12.0. The van der Waals surface area contributed by atoms with Gasteiger partial charge in [0.25, 0.3) is 5.60 Å². The van der Waals surface area contributed by atoms with Crippen LogP contribution in [0.5, 0.6) is 0 Å². The number of nitrogens with zero attached hydrogens (tertiary/aromatic N) is 4. The molecule has 0 spiro atoms. The number of ether oxygens (including phenoxy) is 4. The molecule has 0 radical (unpaired) electrons. The summed E-state index contributed by atoms with van der Waals surface area (Å²) >= 11 is 5.88. The molecule has 1 aliphatic heterocycles. The maximum atomic E-state index is 15.3. The number of halogens is 3. The van der Waals surface area contributed by atoms with Gasteiger partial charge in [0, 0.05) is 6.42 Å². The van der Waals surface area contributed by atoms with Gasteiger partial charge in [-0.05, 0) is 43.1 Å². The lowest BCUT2D eigenvalue weighted by Crippen LogP contribution is -2.54. The highest BCUT2D eigenvalue weighted by atomic mass is 35.5. The van der Waals surface area contributed by atoms with E-state index < -0.39 is 61.0 Å². The first kappa shape index (κ1) is 28.5. The van der Waals surface area contributed by atoms with Gasteiger partial charge >= 0.3 is 11.9 Å². The van der Waals surface area contributed by atoms with Gasteiger partial charge in [-0.1, -0.05) is 12.1 Å². The van der Waals surface area contributed by atoms with Gasteiger partial charge in [0.15, 0.2) is 23.9 Å². The number of nitrogen functional groups attached to an aromatic ring is 1. The summed E-state index contributed by atoms with van der Waals surface area (Å²) in [5.74, 6) is -2.85. The number of alkyl halides is 1. The van der Waals surface area contributed by atoms with Crippen LogP contribution < -0.4 is 5.73 Å². The van der Waals surface area contributed by atoms with Crippen LogP contribution in [0, 0.1) is 5.82 Å². The van der Waals surface area contributed by atoms with Crippen molar-refractivity contribution in [3.8, 4) is 0 Å². The Morgan fingerprint density at radius 1 is 1.23 bits per heavy atom. The lowest BCUT2D eigenvalue weighted by molar-refractivity contribution is -0.197. The van der Waals surface area contributed by atoms with Gasteiger partial charge in [0.2, 0.25) is 5.28 Å². The van der Waals surface area contributed by atoms with E-state index in [9.17, 15) is 19.1 Å². The quantitative estimate of drug-likeness (QED) is 0.208. The molecule has 0 aliphatic carbocycles. The highest BCUT2D eigenvalue weighted by Crippen LogP contribution is 2.35. The van der Waals surface area contributed by atoms with Crippen molar-refractivity contribution in [2.75, 3.05) is 25.6 Å². The molecule has 3 heterocycles. The van der Waals surface area contributed by atoms with E-state index >= 15 is 4.39 Å². The number of carbonyl (C=O) groups excluding carboxylic acids is 2. The molecule has 0 saturated carbocycles. The first-order chi connectivity index (χ1) is 18.6. The van der Waals surface area contributed by atoms with Crippen molar-refractivity contribution in [1.82, 2.24) is 19.5 Å². The van der Waals surface area contributed by atoms with Gasteiger partial charge in [-0.15, -0.1) is 0 Å². The predicted molar refractivity (Wildman–Crippen MR) is 132 cm³/mol. The molecule has 3 aromatic rings. The van der Waals surface area contributed by atoms with Gasteiger partial charge < -0.3 is 29.8 Å². The van der Waals surface area contributed by atoms with E-state index in [-0.39, 0.29) is 41.0 Å². The normalized spacial score (nSPS) is 21.3. The molecule has 1 aromatic carbocycles. The number of carbonyl (C=O) groups is 2. The van der Waals surface area contributed by atoms with Crippen LogP contribution in [0.2, 0.25) is 5.28 Å². The van der Waals surface area contributed by atoms with Crippen molar-refractivity contribution in [2.24, 2.45) is 0 Å². The second-order valence-corrected chi connectivity index (χ2v) is 8.93. The van der Waals surface area contributed by atoms with Crippen molar-refractivity contribution in [3.63, 3.8) is 0 Å². The Labute approximate surface area is 226 Å². The van der Waals surface area contributed by atoms with E-state index in [2.05, 4.69) is 15.0 Å². The zero-order valence-electron chi connectivity index (χ0n) is 20.9. The number of hydrogen-bond acceptors (Lipinski definition) is 11. The van der Waals surface area contributed by atoms with Crippen LogP contribution in [0.4, 0.5) is 14.6 Å². The Hall–Kier alpha value is -3.46. The maximum Gasteiger partial charge on any atom is 0.350 e. The Kier molecular flexibility index (Phi) is 8.59. The molecule has 0 unspecified atom stereocenters. The van der Waals surface area contributed by atoms with Crippen LogP contribution >= 0.6 is 11.6 Å². The van der Waals surface area contributed by atoms with E-state index in [4.69, 9.17) is 36.3 Å². The monoisotopic (exact) mass is 569 g/mol. The van der Waals surface area contributed by atoms with Crippen LogP contribution in [0.15, 0.2) is 30.6 Å². The fraction of sp³-hybridized carbons (Fsp3) is 0.458. The molecule has 1 fully saturated rings. The van der Waals surface area contributed by atoms with Crippen molar-refractivity contribution in [2.45, 2.75) is 50.5 Å².